The highest BCUT2D eigenvalue weighted by Gasteiger charge is 2.19. The molecular weight excluding hydrogens is 336 g/mol. The summed E-state index contributed by atoms with van der Waals surface area (Å²) in [7, 11) is 0. The van der Waals surface area contributed by atoms with Crippen LogP contribution in [0, 0.1) is 5.41 Å². The lowest BCUT2D eigenvalue weighted by atomic mass is 9.84. The van der Waals surface area contributed by atoms with E-state index in [1.165, 1.54) is 0 Å². The van der Waals surface area contributed by atoms with Crippen LogP contribution in [0.15, 0.2) is 22.7 Å². The molecule has 0 aliphatic rings. The van der Waals surface area contributed by atoms with Gasteiger partial charge in [0.15, 0.2) is 0 Å². The maximum Gasteiger partial charge on any atom is 0.303 e. The summed E-state index contributed by atoms with van der Waals surface area (Å²) in [6.07, 6.45) is 1.44. The van der Waals surface area contributed by atoms with Crippen molar-refractivity contribution in [3.8, 4) is 0 Å². The van der Waals surface area contributed by atoms with Crippen molar-refractivity contribution < 1.29 is 14.7 Å². The molecule has 0 aliphatic carbocycles. The van der Waals surface area contributed by atoms with Crippen LogP contribution in [0.1, 0.15) is 43.5 Å². The van der Waals surface area contributed by atoms with Crippen molar-refractivity contribution >= 4 is 33.5 Å². The van der Waals surface area contributed by atoms with Crippen molar-refractivity contribution in [1.29, 1.82) is 0 Å². The van der Waals surface area contributed by atoms with Crippen molar-refractivity contribution in [3.63, 3.8) is 0 Å². The Bertz CT molecular complexity index is 530. The van der Waals surface area contributed by atoms with E-state index in [9.17, 15) is 9.59 Å². The fourth-order valence-electron chi connectivity index (χ4n) is 1.90. The van der Waals surface area contributed by atoms with Crippen LogP contribution in [0.3, 0.4) is 0 Å². The first-order valence-corrected chi connectivity index (χ1v) is 7.55. The van der Waals surface area contributed by atoms with E-state index in [4.69, 9.17) is 10.8 Å². The molecule has 0 atom stereocenters. The molecule has 0 unspecified atom stereocenters. The molecule has 0 spiro atoms. The molecule has 0 aliphatic heterocycles. The molecule has 0 bridgehead atoms. The van der Waals surface area contributed by atoms with Gasteiger partial charge in [-0.25, -0.2) is 0 Å². The highest BCUT2D eigenvalue weighted by atomic mass is 79.9. The first kappa shape index (κ1) is 17.5. The molecule has 0 saturated heterocycles. The van der Waals surface area contributed by atoms with Gasteiger partial charge in [0, 0.05) is 23.1 Å². The minimum absolute atomic E-state index is 0.126. The number of carboxylic acids is 1. The van der Waals surface area contributed by atoms with Gasteiger partial charge >= 0.3 is 5.97 Å². The number of carboxylic acid groups (broad SMARTS) is 1. The van der Waals surface area contributed by atoms with Crippen LogP contribution >= 0.6 is 15.9 Å². The van der Waals surface area contributed by atoms with Crippen LogP contribution in [0.2, 0.25) is 0 Å². The van der Waals surface area contributed by atoms with E-state index >= 15 is 0 Å². The van der Waals surface area contributed by atoms with E-state index in [0.717, 1.165) is 0 Å². The van der Waals surface area contributed by atoms with Crippen LogP contribution < -0.4 is 11.1 Å². The molecule has 1 aromatic rings. The molecular formula is C15H21BrN2O3. The van der Waals surface area contributed by atoms with E-state index in [1.54, 1.807) is 18.2 Å². The largest absolute Gasteiger partial charge is 0.481 e. The summed E-state index contributed by atoms with van der Waals surface area (Å²) in [5, 5.41) is 11.5. The molecule has 1 amide bonds. The summed E-state index contributed by atoms with van der Waals surface area (Å²) in [6.45, 7) is 4.49. The second kappa shape index (κ2) is 7.45. The number of aliphatic carboxylic acids is 1. The minimum Gasteiger partial charge on any atom is -0.481 e. The third kappa shape index (κ3) is 6.16. The number of nitrogens with one attached hydrogen (secondary N) is 1. The molecule has 6 heteroatoms. The Kier molecular flexibility index (Phi) is 6.20. The molecule has 116 valence electrons. The van der Waals surface area contributed by atoms with E-state index in [-0.39, 0.29) is 17.7 Å². The normalized spacial score (nSPS) is 11.2. The lowest BCUT2D eigenvalue weighted by Gasteiger charge is -2.23. The number of rotatable bonds is 7. The molecule has 21 heavy (non-hydrogen) atoms. The third-order valence-electron chi connectivity index (χ3n) is 3.34. The summed E-state index contributed by atoms with van der Waals surface area (Å²) in [5.74, 6) is -0.987. The fraction of sp³-hybridized carbons (Fsp3) is 0.467. The predicted molar refractivity (Wildman–Crippen MR) is 86.2 cm³/mol. The number of anilines is 1. The lowest BCUT2D eigenvalue weighted by molar-refractivity contribution is -0.137. The van der Waals surface area contributed by atoms with Gasteiger partial charge in [0.1, 0.15) is 0 Å². The Morgan fingerprint density at radius 3 is 2.62 bits per heavy atom. The molecule has 0 saturated carbocycles. The topological polar surface area (TPSA) is 92.4 Å². The zero-order valence-corrected chi connectivity index (χ0v) is 13.9. The molecule has 0 aromatic heterocycles. The molecule has 1 aromatic carbocycles. The maximum absolute atomic E-state index is 12.1. The van der Waals surface area contributed by atoms with E-state index in [0.29, 0.717) is 35.1 Å². The number of carbonyl (C=O) groups excluding carboxylic acids is 1. The Morgan fingerprint density at radius 1 is 1.33 bits per heavy atom. The zero-order chi connectivity index (χ0) is 16.0. The summed E-state index contributed by atoms with van der Waals surface area (Å²) >= 11 is 3.32. The van der Waals surface area contributed by atoms with Gasteiger partial charge in [-0.3, -0.25) is 9.59 Å². The Morgan fingerprint density at radius 2 is 2.00 bits per heavy atom. The molecule has 5 nitrogen and oxygen atoms in total. The number of benzene rings is 1. The number of hydrogen-bond acceptors (Lipinski definition) is 3. The fourth-order valence-corrected chi connectivity index (χ4v) is 2.32. The second-order valence-electron chi connectivity index (χ2n) is 5.80. The summed E-state index contributed by atoms with van der Waals surface area (Å²) in [6, 6.07) is 5.08. The van der Waals surface area contributed by atoms with Gasteiger partial charge < -0.3 is 16.2 Å². The van der Waals surface area contributed by atoms with Crippen molar-refractivity contribution in [2.24, 2.45) is 5.41 Å². The third-order valence-corrected chi connectivity index (χ3v) is 4.03. The highest BCUT2D eigenvalue weighted by Crippen LogP contribution is 2.26. The van der Waals surface area contributed by atoms with E-state index < -0.39 is 5.97 Å². The number of nitrogens with two attached hydrogens (primary N) is 1. The van der Waals surface area contributed by atoms with Crippen LogP contribution in [0.5, 0.6) is 0 Å². The standard InChI is InChI=1S/C15H21BrN2O3/c1-15(2,6-5-13(19)20)7-8-18-14(21)11-9-10(17)3-4-12(11)16/h3-4,9H,5-8,17H2,1-2H3,(H,18,21)(H,19,20). The second-order valence-corrected chi connectivity index (χ2v) is 6.66. The average Bonchev–Trinajstić information content (AvgIpc) is 2.39. The van der Waals surface area contributed by atoms with E-state index in [1.807, 2.05) is 13.8 Å². The molecule has 4 N–H and O–H groups in total. The summed E-state index contributed by atoms with van der Waals surface area (Å²) in [5.41, 5.74) is 6.58. The Hall–Kier alpha value is -1.56. The minimum atomic E-state index is -0.796. The summed E-state index contributed by atoms with van der Waals surface area (Å²) in [4.78, 5) is 22.7. The number of amides is 1. The SMILES string of the molecule is CC(C)(CCNC(=O)c1cc(N)ccc1Br)CCC(=O)O. The molecule has 1 rings (SSSR count). The molecule has 0 radical (unpaired) electrons. The number of nitrogen functional groups attached to an aromatic ring is 1. The summed E-state index contributed by atoms with van der Waals surface area (Å²) < 4.78 is 0.694. The van der Waals surface area contributed by atoms with Crippen LogP contribution in [0.4, 0.5) is 5.69 Å². The monoisotopic (exact) mass is 356 g/mol. The van der Waals surface area contributed by atoms with Gasteiger partial charge in [0.05, 0.1) is 5.56 Å². The van der Waals surface area contributed by atoms with Crippen molar-refractivity contribution in [2.75, 3.05) is 12.3 Å². The quantitative estimate of drug-likeness (QED) is 0.654. The Balaban J connectivity index is 2.50. The van der Waals surface area contributed by atoms with Crippen molar-refractivity contribution in [1.82, 2.24) is 5.32 Å². The first-order valence-electron chi connectivity index (χ1n) is 6.76. The Labute approximate surface area is 133 Å². The van der Waals surface area contributed by atoms with Gasteiger partial charge in [0.2, 0.25) is 0 Å². The van der Waals surface area contributed by atoms with Crippen LogP contribution in [-0.2, 0) is 4.79 Å². The zero-order valence-electron chi connectivity index (χ0n) is 12.3. The van der Waals surface area contributed by atoms with Gasteiger partial charge in [-0.05, 0) is 52.4 Å². The number of hydrogen-bond donors (Lipinski definition) is 3. The first-order chi connectivity index (χ1) is 9.71. The van der Waals surface area contributed by atoms with Crippen LogP contribution in [0.25, 0.3) is 0 Å². The van der Waals surface area contributed by atoms with Gasteiger partial charge in [0.25, 0.3) is 5.91 Å². The van der Waals surface area contributed by atoms with Gasteiger partial charge in [-0.2, -0.15) is 0 Å². The van der Waals surface area contributed by atoms with Gasteiger partial charge in [-0.1, -0.05) is 13.8 Å². The van der Waals surface area contributed by atoms with Gasteiger partial charge in [-0.15, -0.1) is 0 Å². The molecule has 0 fully saturated rings. The predicted octanol–water partition coefficient (Wildman–Crippen LogP) is 3.04. The number of carbonyl (C=O) groups is 2. The average molecular weight is 357 g/mol. The maximum atomic E-state index is 12.1. The number of halogens is 1. The highest BCUT2D eigenvalue weighted by molar-refractivity contribution is 9.10. The van der Waals surface area contributed by atoms with E-state index in [2.05, 4.69) is 21.2 Å². The molecule has 0 heterocycles. The lowest BCUT2D eigenvalue weighted by Crippen LogP contribution is -2.28. The van der Waals surface area contributed by atoms with Crippen LogP contribution in [-0.4, -0.2) is 23.5 Å². The smallest absolute Gasteiger partial charge is 0.303 e. The van der Waals surface area contributed by atoms with Crippen molar-refractivity contribution in [3.05, 3.63) is 28.2 Å². The van der Waals surface area contributed by atoms with Crippen molar-refractivity contribution in [2.45, 2.75) is 33.1 Å².